The first-order valence-corrected chi connectivity index (χ1v) is 7.93. The van der Waals surface area contributed by atoms with Crippen LogP contribution in [0.3, 0.4) is 0 Å². The van der Waals surface area contributed by atoms with Gasteiger partial charge in [-0.3, -0.25) is 4.79 Å². The van der Waals surface area contributed by atoms with E-state index in [1.165, 1.54) is 0 Å². The lowest BCUT2D eigenvalue weighted by Gasteiger charge is -2.25. The fourth-order valence-corrected chi connectivity index (χ4v) is 3.86. The van der Waals surface area contributed by atoms with E-state index in [1.54, 1.807) is 11.3 Å². The van der Waals surface area contributed by atoms with Crippen molar-refractivity contribution in [3.05, 3.63) is 20.8 Å². The second-order valence-electron chi connectivity index (χ2n) is 4.87. The summed E-state index contributed by atoms with van der Waals surface area (Å²) in [6, 6.07) is 3.93. The summed E-state index contributed by atoms with van der Waals surface area (Å²) in [5, 5.41) is 12.5. The van der Waals surface area contributed by atoms with Gasteiger partial charge in [-0.15, -0.1) is 11.3 Å². The van der Waals surface area contributed by atoms with E-state index in [-0.39, 0.29) is 12.0 Å². The van der Waals surface area contributed by atoms with Gasteiger partial charge in [-0.05, 0) is 53.2 Å². The van der Waals surface area contributed by atoms with Crippen LogP contribution in [0.1, 0.15) is 30.6 Å². The predicted molar refractivity (Wildman–Crippen MR) is 76.7 cm³/mol. The molecule has 18 heavy (non-hydrogen) atoms. The van der Waals surface area contributed by atoms with E-state index in [0.717, 1.165) is 34.3 Å². The van der Waals surface area contributed by atoms with E-state index in [2.05, 4.69) is 21.2 Å². The Bertz CT molecular complexity index is 407. The van der Waals surface area contributed by atoms with Crippen LogP contribution in [0.2, 0.25) is 0 Å². The standard InChI is InChI=1S/C13H18BrNO2S/c14-12-5-4-11(18-12)7-13(17)15-8-9-2-1-3-10(16)6-9/h4-5,9-10,16H,1-3,6-8H2,(H,15,17). The van der Waals surface area contributed by atoms with Crippen LogP contribution < -0.4 is 5.32 Å². The molecule has 2 N–H and O–H groups in total. The Kier molecular flexibility index (Phi) is 5.21. The molecule has 1 fully saturated rings. The molecule has 0 aromatic carbocycles. The largest absolute Gasteiger partial charge is 0.393 e. The monoisotopic (exact) mass is 331 g/mol. The summed E-state index contributed by atoms with van der Waals surface area (Å²) in [4.78, 5) is 12.8. The molecule has 0 bridgehead atoms. The van der Waals surface area contributed by atoms with Gasteiger partial charge in [-0.2, -0.15) is 0 Å². The first-order chi connectivity index (χ1) is 8.63. The lowest BCUT2D eigenvalue weighted by atomic mass is 9.87. The number of nitrogens with one attached hydrogen (secondary N) is 1. The zero-order valence-corrected chi connectivity index (χ0v) is 12.6. The van der Waals surface area contributed by atoms with Gasteiger partial charge in [0.15, 0.2) is 0 Å². The normalized spacial score (nSPS) is 23.9. The topological polar surface area (TPSA) is 49.3 Å². The molecule has 1 amide bonds. The molecular weight excluding hydrogens is 314 g/mol. The molecular formula is C13H18BrNO2S. The van der Waals surface area contributed by atoms with Crippen LogP contribution in [-0.4, -0.2) is 23.7 Å². The van der Waals surface area contributed by atoms with Gasteiger partial charge in [0, 0.05) is 11.4 Å². The highest BCUT2D eigenvalue weighted by atomic mass is 79.9. The number of hydrogen-bond acceptors (Lipinski definition) is 3. The molecule has 1 aliphatic rings. The van der Waals surface area contributed by atoms with Gasteiger partial charge in [-0.25, -0.2) is 0 Å². The molecule has 2 rings (SSSR count). The molecule has 100 valence electrons. The highest BCUT2D eigenvalue weighted by Gasteiger charge is 2.20. The van der Waals surface area contributed by atoms with Gasteiger partial charge in [0.05, 0.1) is 16.3 Å². The van der Waals surface area contributed by atoms with Gasteiger partial charge in [0.1, 0.15) is 0 Å². The van der Waals surface area contributed by atoms with Crippen LogP contribution in [0.4, 0.5) is 0 Å². The molecule has 1 heterocycles. The molecule has 0 radical (unpaired) electrons. The fraction of sp³-hybridized carbons (Fsp3) is 0.615. The summed E-state index contributed by atoms with van der Waals surface area (Å²) in [5.74, 6) is 0.511. The maximum Gasteiger partial charge on any atom is 0.225 e. The van der Waals surface area contributed by atoms with Crippen molar-refractivity contribution in [2.24, 2.45) is 5.92 Å². The maximum absolute atomic E-state index is 11.8. The molecule has 1 aromatic heterocycles. The minimum atomic E-state index is -0.172. The van der Waals surface area contributed by atoms with E-state index in [9.17, 15) is 9.90 Å². The Morgan fingerprint density at radius 1 is 1.50 bits per heavy atom. The predicted octanol–water partition coefficient (Wildman–Crippen LogP) is 2.72. The molecule has 3 nitrogen and oxygen atoms in total. The van der Waals surface area contributed by atoms with E-state index in [1.807, 2.05) is 12.1 Å². The number of rotatable bonds is 4. The number of thiophene rings is 1. The Labute approximate surface area is 120 Å². The fourth-order valence-electron chi connectivity index (χ4n) is 2.37. The molecule has 0 spiro atoms. The maximum atomic E-state index is 11.8. The first-order valence-electron chi connectivity index (χ1n) is 6.32. The third kappa shape index (κ3) is 4.37. The van der Waals surface area contributed by atoms with Crippen LogP contribution in [0.15, 0.2) is 15.9 Å². The SMILES string of the molecule is O=C(Cc1ccc(Br)s1)NCC1CCCC(O)C1. The molecule has 0 aliphatic heterocycles. The average molecular weight is 332 g/mol. The lowest BCUT2D eigenvalue weighted by molar-refractivity contribution is -0.120. The molecule has 1 aliphatic carbocycles. The second kappa shape index (κ2) is 6.68. The summed E-state index contributed by atoms with van der Waals surface area (Å²) in [7, 11) is 0. The van der Waals surface area contributed by atoms with Crippen molar-refractivity contribution in [2.45, 2.75) is 38.2 Å². The molecule has 1 saturated carbocycles. The number of aliphatic hydroxyl groups is 1. The van der Waals surface area contributed by atoms with Crippen LogP contribution >= 0.6 is 27.3 Å². The molecule has 1 aromatic rings. The number of carbonyl (C=O) groups excluding carboxylic acids is 1. The van der Waals surface area contributed by atoms with E-state index in [0.29, 0.717) is 18.9 Å². The minimum absolute atomic E-state index is 0.0735. The molecule has 0 saturated heterocycles. The summed E-state index contributed by atoms with van der Waals surface area (Å²) in [6.07, 6.45) is 4.19. The number of halogens is 1. The number of aliphatic hydroxyl groups excluding tert-OH is 1. The van der Waals surface area contributed by atoms with Gasteiger partial charge in [0.2, 0.25) is 5.91 Å². The van der Waals surface area contributed by atoms with Crippen molar-refractivity contribution in [1.29, 1.82) is 0 Å². The van der Waals surface area contributed by atoms with Gasteiger partial charge >= 0.3 is 0 Å². The Morgan fingerprint density at radius 2 is 2.33 bits per heavy atom. The van der Waals surface area contributed by atoms with Crippen LogP contribution in [0.5, 0.6) is 0 Å². The van der Waals surface area contributed by atoms with Gasteiger partial charge in [-0.1, -0.05) is 6.42 Å². The third-order valence-electron chi connectivity index (χ3n) is 3.31. The Balaban J connectivity index is 1.71. The average Bonchev–Trinajstić information content (AvgIpc) is 2.72. The first kappa shape index (κ1) is 14.0. The molecule has 2 atom stereocenters. The summed E-state index contributed by atoms with van der Waals surface area (Å²) in [5.41, 5.74) is 0. The minimum Gasteiger partial charge on any atom is -0.393 e. The second-order valence-corrected chi connectivity index (χ2v) is 7.42. The molecule has 2 unspecified atom stereocenters. The summed E-state index contributed by atoms with van der Waals surface area (Å²) in [6.45, 7) is 0.697. The van der Waals surface area contributed by atoms with Crippen LogP contribution in [0, 0.1) is 5.92 Å². The van der Waals surface area contributed by atoms with Crippen molar-refractivity contribution >= 4 is 33.2 Å². The third-order valence-corrected chi connectivity index (χ3v) is 4.93. The van der Waals surface area contributed by atoms with E-state index in [4.69, 9.17) is 0 Å². The zero-order chi connectivity index (χ0) is 13.0. The van der Waals surface area contributed by atoms with Crippen LogP contribution in [-0.2, 0) is 11.2 Å². The van der Waals surface area contributed by atoms with Crippen molar-refractivity contribution < 1.29 is 9.90 Å². The summed E-state index contributed by atoms with van der Waals surface area (Å²) >= 11 is 4.98. The Hall–Kier alpha value is -0.390. The van der Waals surface area contributed by atoms with Crippen molar-refractivity contribution in [3.63, 3.8) is 0 Å². The number of amides is 1. The van der Waals surface area contributed by atoms with Crippen molar-refractivity contribution in [3.8, 4) is 0 Å². The van der Waals surface area contributed by atoms with Crippen LogP contribution in [0.25, 0.3) is 0 Å². The van der Waals surface area contributed by atoms with Gasteiger partial charge in [0.25, 0.3) is 0 Å². The number of hydrogen-bond donors (Lipinski definition) is 2. The van der Waals surface area contributed by atoms with E-state index < -0.39 is 0 Å². The lowest BCUT2D eigenvalue weighted by Crippen LogP contribution is -2.33. The highest BCUT2D eigenvalue weighted by molar-refractivity contribution is 9.11. The van der Waals surface area contributed by atoms with E-state index >= 15 is 0 Å². The highest BCUT2D eigenvalue weighted by Crippen LogP contribution is 2.24. The van der Waals surface area contributed by atoms with Gasteiger partial charge < -0.3 is 10.4 Å². The van der Waals surface area contributed by atoms with Crippen molar-refractivity contribution in [1.82, 2.24) is 5.32 Å². The molecule has 5 heteroatoms. The van der Waals surface area contributed by atoms with Crippen molar-refractivity contribution in [2.75, 3.05) is 6.54 Å². The number of carbonyl (C=O) groups is 1. The zero-order valence-electron chi connectivity index (χ0n) is 10.2. The summed E-state index contributed by atoms with van der Waals surface area (Å²) < 4.78 is 1.06. The smallest absolute Gasteiger partial charge is 0.225 e. The Morgan fingerprint density at radius 3 is 3.00 bits per heavy atom. The quantitative estimate of drug-likeness (QED) is 0.891.